The predicted octanol–water partition coefficient (Wildman–Crippen LogP) is 4.16. The molecule has 0 radical (unpaired) electrons. The highest BCUT2D eigenvalue weighted by atomic mass is 32.1. The van der Waals surface area contributed by atoms with Crippen molar-refractivity contribution >= 4 is 41.9 Å². The van der Waals surface area contributed by atoms with E-state index in [-0.39, 0.29) is 37.0 Å². The molecular weight excluding hydrogens is 539 g/mol. The number of hydrogen-bond acceptors (Lipinski definition) is 8. The highest BCUT2D eigenvalue weighted by Gasteiger charge is 2.57. The number of rotatable bonds is 8. The second-order valence-electron chi connectivity index (χ2n) is 10.8. The van der Waals surface area contributed by atoms with Gasteiger partial charge in [0.15, 0.2) is 0 Å². The topological polar surface area (TPSA) is 120 Å². The zero-order valence-corrected chi connectivity index (χ0v) is 23.2. The molecule has 8 nitrogen and oxygen atoms in total. The van der Waals surface area contributed by atoms with E-state index in [4.69, 9.17) is 4.65 Å². The first-order valence-electron chi connectivity index (χ1n) is 13.9. The van der Waals surface area contributed by atoms with Gasteiger partial charge in [-0.15, -0.1) is 11.3 Å². The number of hydrogen-bond donors (Lipinski definition) is 3. The van der Waals surface area contributed by atoms with E-state index in [0.717, 1.165) is 27.3 Å². The average molecular weight is 570 g/mol. The molecule has 3 N–H and O–H groups in total. The number of thiophene rings is 1. The summed E-state index contributed by atoms with van der Waals surface area (Å²) in [6.45, 7) is 0.00408. The van der Waals surface area contributed by atoms with E-state index >= 15 is 0 Å². The third-order valence-electron chi connectivity index (χ3n) is 8.42. The molecule has 2 amide bonds. The number of aromatic hydroxyl groups is 1. The number of imide groups is 1. The van der Waals surface area contributed by atoms with Crippen molar-refractivity contribution in [3.63, 3.8) is 0 Å². The maximum Gasteiger partial charge on any atom is 0.455 e. The number of pyridine rings is 1. The summed E-state index contributed by atoms with van der Waals surface area (Å²) >= 11 is 1.50. The predicted molar refractivity (Wildman–Crippen MR) is 156 cm³/mol. The molecule has 2 fully saturated rings. The summed E-state index contributed by atoms with van der Waals surface area (Å²) in [6, 6.07) is 16.5. The molecule has 1 aromatic carbocycles. The van der Waals surface area contributed by atoms with Crippen LogP contribution in [0.15, 0.2) is 77.3 Å². The first-order chi connectivity index (χ1) is 19.9. The summed E-state index contributed by atoms with van der Waals surface area (Å²) in [5, 5.41) is 33.5. The Morgan fingerprint density at radius 3 is 2.66 bits per heavy atom. The van der Waals surface area contributed by atoms with Gasteiger partial charge in [-0.05, 0) is 83.9 Å². The van der Waals surface area contributed by atoms with Gasteiger partial charge in [-0.1, -0.05) is 30.3 Å². The average Bonchev–Trinajstić information content (AvgIpc) is 3.58. The molecule has 2 aliphatic heterocycles. The van der Waals surface area contributed by atoms with E-state index in [2.05, 4.69) is 4.98 Å². The Hall–Kier alpha value is -3.57. The highest BCUT2D eigenvalue weighted by molar-refractivity contribution is 7.09. The van der Waals surface area contributed by atoms with Crippen LogP contribution in [0, 0.1) is 17.8 Å². The minimum Gasteiger partial charge on any atom is -0.507 e. The smallest absolute Gasteiger partial charge is 0.455 e. The summed E-state index contributed by atoms with van der Waals surface area (Å²) in [4.78, 5) is 33.9. The molecule has 4 heterocycles. The van der Waals surface area contributed by atoms with Crippen LogP contribution < -0.4 is 0 Å². The molecule has 1 aliphatic carbocycles. The second kappa shape index (κ2) is 11.7. The Bertz CT molecular complexity index is 1490. The van der Waals surface area contributed by atoms with Crippen molar-refractivity contribution in [2.45, 2.75) is 38.2 Å². The van der Waals surface area contributed by atoms with Crippen LogP contribution in [0.2, 0.25) is 6.32 Å². The molecule has 10 heteroatoms. The second-order valence-corrected chi connectivity index (χ2v) is 11.8. The van der Waals surface area contributed by atoms with Crippen LogP contribution in [0.1, 0.15) is 35.4 Å². The monoisotopic (exact) mass is 570 g/mol. The van der Waals surface area contributed by atoms with Gasteiger partial charge >= 0.3 is 7.12 Å². The molecule has 0 saturated carbocycles. The number of allylic oxidation sites excluding steroid dienone is 1. The van der Waals surface area contributed by atoms with Crippen molar-refractivity contribution in [1.82, 2.24) is 9.88 Å². The maximum atomic E-state index is 13.7. The summed E-state index contributed by atoms with van der Waals surface area (Å²) in [5.41, 5.74) is 3.84. The largest absolute Gasteiger partial charge is 0.507 e. The van der Waals surface area contributed by atoms with Gasteiger partial charge in [0.05, 0.1) is 36.8 Å². The van der Waals surface area contributed by atoms with Gasteiger partial charge in [0, 0.05) is 16.6 Å². The SMILES string of the molecule is O=C1[C@@H]2[C@@H](CC(CO)=C3[C@@H](CC/C(=C/c4ccccc4O)c4ccccn4)OB(O)C[C@@H]32)C(=O)N1Cc1cccs1. The van der Waals surface area contributed by atoms with Crippen LogP contribution in [0.25, 0.3) is 11.6 Å². The Kier molecular flexibility index (Phi) is 7.90. The van der Waals surface area contributed by atoms with Crippen molar-refractivity contribution in [2.75, 3.05) is 6.61 Å². The number of phenols is 1. The molecule has 4 atom stereocenters. The summed E-state index contributed by atoms with van der Waals surface area (Å²) in [5.74, 6) is -1.79. The number of phenolic OH excluding ortho intramolecular Hbond substituents is 1. The standard InChI is InChI=1S/C31H31BN2O6S/c35-18-21-15-23-29(31(38)34(30(23)37)17-22-7-5-13-41-22)24-16-32(39)40-27(28(21)24)11-10-19(25-8-3-4-12-33-25)14-20-6-1-2-9-26(20)36/h1-9,12-14,23-24,27,29,35-36,39H,10-11,15-18H2/b19-14-/t23-,24+,27-,29-/m1/s1. The quantitative estimate of drug-likeness (QED) is 0.211. The fraction of sp³-hybridized carbons (Fsp3) is 0.323. The van der Waals surface area contributed by atoms with E-state index in [0.29, 0.717) is 24.8 Å². The van der Waals surface area contributed by atoms with Crippen LogP contribution in [0.5, 0.6) is 5.75 Å². The van der Waals surface area contributed by atoms with Crippen LogP contribution in [-0.4, -0.2) is 56.8 Å². The lowest BCUT2D eigenvalue weighted by Gasteiger charge is -2.43. The number of carbonyl (C=O) groups is 2. The van der Waals surface area contributed by atoms with Crippen molar-refractivity contribution in [3.05, 3.63) is 93.5 Å². The lowest BCUT2D eigenvalue weighted by molar-refractivity contribution is -0.140. The van der Waals surface area contributed by atoms with Gasteiger partial charge in [0.25, 0.3) is 0 Å². The van der Waals surface area contributed by atoms with Crippen LogP contribution in [-0.2, 0) is 20.8 Å². The number of para-hydroxylation sites is 1. The van der Waals surface area contributed by atoms with Gasteiger partial charge in [-0.25, -0.2) is 0 Å². The van der Waals surface area contributed by atoms with Crippen molar-refractivity contribution in [3.8, 4) is 5.75 Å². The Labute approximate surface area is 242 Å². The molecule has 210 valence electrons. The number of carbonyl (C=O) groups excluding carboxylic acids is 2. The van der Waals surface area contributed by atoms with E-state index in [9.17, 15) is 24.8 Å². The normalized spacial score (nSPS) is 24.6. The fourth-order valence-corrected chi connectivity index (χ4v) is 7.29. The Balaban J connectivity index is 1.29. The van der Waals surface area contributed by atoms with E-state index in [1.54, 1.807) is 18.3 Å². The molecule has 2 aromatic heterocycles. The van der Waals surface area contributed by atoms with Crippen molar-refractivity contribution in [2.24, 2.45) is 17.8 Å². The molecule has 3 aromatic rings. The highest BCUT2D eigenvalue weighted by Crippen LogP contribution is 2.51. The Morgan fingerprint density at radius 1 is 1.10 bits per heavy atom. The number of aromatic nitrogens is 1. The van der Waals surface area contributed by atoms with Gasteiger partial charge in [-0.3, -0.25) is 19.5 Å². The lowest BCUT2D eigenvalue weighted by atomic mass is 9.58. The van der Waals surface area contributed by atoms with Crippen LogP contribution >= 0.6 is 11.3 Å². The number of amides is 2. The molecule has 2 saturated heterocycles. The zero-order valence-electron chi connectivity index (χ0n) is 22.4. The lowest BCUT2D eigenvalue weighted by Crippen LogP contribution is -2.46. The van der Waals surface area contributed by atoms with Gasteiger partial charge in [0.1, 0.15) is 5.75 Å². The molecule has 41 heavy (non-hydrogen) atoms. The maximum absolute atomic E-state index is 13.7. The third kappa shape index (κ3) is 5.40. The molecule has 0 unspecified atom stereocenters. The number of benzene rings is 1. The third-order valence-corrected chi connectivity index (χ3v) is 9.28. The number of nitrogens with zero attached hydrogens (tertiary/aromatic N) is 2. The van der Waals surface area contributed by atoms with Crippen molar-refractivity contribution in [1.29, 1.82) is 0 Å². The number of aliphatic hydroxyl groups is 1. The van der Waals surface area contributed by atoms with E-state index in [1.165, 1.54) is 16.2 Å². The molecule has 6 rings (SSSR count). The fourth-order valence-electron chi connectivity index (χ4n) is 6.60. The molecule has 0 spiro atoms. The molecule has 0 bridgehead atoms. The van der Waals surface area contributed by atoms with Gasteiger partial charge in [-0.2, -0.15) is 0 Å². The van der Waals surface area contributed by atoms with Crippen molar-refractivity contribution < 1.29 is 29.5 Å². The van der Waals surface area contributed by atoms with Crippen LogP contribution in [0.3, 0.4) is 0 Å². The van der Waals surface area contributed by atoms with Crippen LogP contribution in [0.4, 0.5) is 0 Å². The van der Waals surface area contributed by atoms with Gasteiger partial charge < -0.3 is 19.9 Å². The van der Waals surface area contributed by atoms with Gasteiger partial charge in [0.2, 0.25) is 11.8 Å². The summed E-state index contributed by atoms with van der Waals surface area (Å²) in [6.07, 6.45) is 4.53. The summed E-state index contributed by atoms with van der Waals surface area (Å²) in [7, 11) is -1.10. The Morgan fingerprint density at radius 2 is 1.93 bits per heavy atom. The summed E-state index contributed by atoms with van der Waals surface area (Å²) < 4.78 is 6.05. The van der Waals surface area contributed by atoms with E-state index in [1.807, 2.05) is 53.9 Å². The number of aliphatic hydroxyl groups excluding tert-OH is 1. The minimum atomic E-state index is -1.10. The molecular formula is C31H31BN2O6S. The minimum absolute atomic E-state index is 0.158. The number of likely N-dealkylation sites (tertiary alicyclic amines) is 1. The number of fused-ring (bicyclic) bond motifs is 3. The zero-order chi connectivity index (χ0) is 28.5. The first-order valence-corrected chi connectivity index (χ1v) is 14.8. The molecule has 3 aliphatic rings. The van der Waals surface area contributed by atoms with E-state index < -0.39 is 31.0 Å². The first kappa shape index (κ1) is 27.6.